The summed E-state index contributed by atoms with van der Waals surface area (Å²) in [4.78, 5) is 39.0. The molecule has 0 bridgehead atoms. The minimum Gasteiger partial charge on any atom is -0.383 e. The van der Waals surface area contributed by atoms with Gasteiger partial charge in [-0.15, -0.1) is 0 Å². The number of nitro groups is 1. The molecule has 1 aromatic heterocycles. The first kappa shape index (κ1) is 20.2. The Morgan fingerprint density at radius 2 is 1.89 bits per heavy atom. The van der Waals surface area contributed by atoms with Gasteiger partial charge in [-0.3, -0.25) is 24.0 Å². The predicted octanol–water partition coefficient (Wildman–Crippen LogP) is 1.76. The number of benzene rings is 1. The van der Waals surface area contributed by atoms with Crippen molar-refractivity contribution >= 4 is 16.6 Å². The molecule has 0 spiro atoms. The van der Waals surface area contributed by atoms with E-state index in [0.29, 0.717) is 18.6 Å². The Kier molecular flexibility index (Phi) is 6.25. The van der Waals surface area contributed by atoms with Crippen molar-refractivity contribution < 1.29 is 9.66 Å². The standard InChI is InChI=1S/C19H26N4O5/c1-14(13-28-2)22-18(24)16-12-15(23(26)27)6-7-17(16)21(19(22)25)11-10-20-8-4-3-5-9-20/h6-7,12,14H,3-5,8-11,13H2,1-2H3. The van der Waals surface area contributed by atoms with Crippen LogP contribution in [-0.2, 0) is 11.3 Å². The number of likely N-dealkylation sites (tertiary alicyclic amines) is 1. The average molecular weight is 390 g/mol. The molecule has 0 saturated carbocycles. The van der Waals surface area contributed by atoms with Crippen LogP contribution in [0.1, 0.15) is 32.2 Å². The number of hydrogen-bond acceptors (Lipinski definition) is 6. The Morgan fingerprint density at radius 3 is 2.54 bits per heavy atom. The Labute approximate surface area is 162 Å². The summed E-state index contributed by atoms with van der Waals surface area (Å²) in [6, 6.07) is 3.61. The second kappa shape index (κ2) is 8.66. The molecule has 0 aliphatic carbocycles. The van der Waals surface area contributed by atoms with E-state index in [1.807, 2.05) is 0 Å². The minimum atomic E-state index is -0.537. The van der Waals surface area contributed by atoms with Gasteiger partial charge in [-0.25, -0.2) is 4.79 Å². The maximum atomic E-state index is 13.1. The minimum absolute atomic E-state index is 0.170. The quantitative estimate of drug-likeness (QED) is 0.528. The van der Waals surface area contributed by atoms with Gasteiger partial charge in [0.25, 0.3) is 11.2 Å². The number of fused-ring (bicyclic) bond motifs is 1. The molecule has 2 aromatic rings. The van der Waals surface area contributed by atoms with E-state index in [9.17, 15) is 19.7 Å². The number of nitro benzene ring substituents is 1. The number of non-ortho nitro benzene ring substituents is 1. The molecule has 1 saturated heterocycles. The van der Waals surface area contributed by atoms with Crippen LogP contribution in [0, 0.1) is 10.1 Å². The first-order valence-corrected chi connectivity index (χ1v) is 9.59. The molecule has 0 N–H and O–H groups in total. The number of piperidine rings is 1. The van der Waals surface area contributed by atoms with E-state index in [1.54, 1.807) is 11.5 Å². The zero-order chi connectivity index (χ0) is 20.3. The molecule has 1 atom stereocenters. The number of nitrogens with zero attached hydrogens (tertiary/aromatic N) is 4. The highest BCUT2D eigenvalue weighted by Gasteiger charge is 2.20. The third-order valence-electron chi connectivity index (χ3n) is 5.31. The Bertz CT molecular complexity index is 975. The van der Waals surface area contributed by atoms with Crippen LogP contribution in [0.2, 0.25) is 0 Å². The molecule has 1 aromatic carbocycles. The maximum Gasteiger partial charge on any atom is 0.331 e. The van der Waals surface area contributed by atoms with Gasteiger partial charge in [0.2, 0.25) is 0 Å². The Balaban J connectivity index is 2.12. The summed E-state index contributed by atoms with van der Waals surface area (Å²) in [5.41, 5.74) is -0.675. The molecule has 1 aliphatic rings. The highest BCUT2D eigenvalue weighted by molar-refractivity contribution is 5.80. The van der Waals surface area contributed by atoms with Crippen molar-refractivity contribution in [1.29, 1.82) is 0 Å². The Hall–Kier alpha value is -2.52. The highest BCUT2D eigenvalue weighted by atomic mass is 16.6. The fraction of sp³-hybridized carbons (Fsp3) is 0.579. The number of ether oxygens (including phenoxy) is 1. The zero-order valence-corrected chi connectivity index (χ0v) is 16.3. The molecule has 3 rings (SSSR count). The summed E-state index contributed by atoms with van der Waals surface area (Å²) in [7, 11) is 1.50. The van der Waals surface area contributed by atoms with Crippen molar-refractivity contribution in [3.8, 4) is 0 Å². The molecule has 1 unspecified atom stereocenters. The molecule has 9 nitrogen and oxygen atoms in total. The van der Waals surface area contributed by atoms with Gasteiger partial charge in [-0.05, 0) is 38.9 Å². The first-order chi connectivity index (χ1) is 13.4. The molecule has 28 heavy (non-hydrogen) atoms. The summed E-state index contributed by atoms with van der Waals surface area (Å²) in [5.74, 6) is 0. The Morgan fingerprint density at radius 1 is 1.18 bits per heavy atom. The summed E-state index contributed by atoms with van der Waals surface area (Å²) in [5, 5.41) is 11.3. The summed E-state index contributed by atoms with van der Waals surface area (Å²) < 4.78 is 7.81. The van der Waals surface area contributed by atoms with E-state index in [-0.39, 0.29) is 17.7 Å². The van der Waals surface area contributed by atoms with Gasteiger partial charge in [0, 0.05) is 32.3 Å². The van der Waals surface area contributed by atoms with Crippen LogP contribution >= 0.6 is 0 Å². The van der Waals surface area contributed by atoms with Crippen molar-refractivity contribution in [2.45, 2.75) is 38.8 Å². The first-order valence-electron chi connectivity index (χ1n) is 9.59. The normalized spacial score (nSPS) is 16.4. The lowest BCUT2D eigenvalue weighted by Gasteiger charge is -2.27. The smallest absolute Gasteiger partial charge is 0.331 e. The van der Waals surface area contributed by atoms with E-state index in [1.165, 1.54) is 31.7 Å². The van der Waals surface area contributed by atoms with E-state index in [4.69, 9.17) is 4.74 Å². The third-order valence-corrected chi connectivity index (χ3v) is 5.31. The van der Waals surface area contributed by atoms with Crippen molar-refractivity contribution in [2.24, 2.45) is 0 Å². The van der Waals surface area contributed by atoms with Crippen LogP contribution in [0.5, 0.6) is 0 Å². The van der Waals surface area contributed by atoms with Gasteiger partial charge < -0.3 is 9.64 Å². The maximum absolute atomic E-state index is 13.1. The monoisotopic (exact) mass is 390 g/mol. The van der Waals surface area contributed by atoms with Crippen molar-refractivity contribution in [1.82, 2.24) is 14.0 Å². The van der Waals surface area contributed by atoms with Gasteiger partial charge in [-0.2, -0.15) is 0 Å². The largest absolute Gasteiger partial charge is 0.383 e. The highest BCUT2D eigenvalue weighted by Crippen LogP contribution is 2.18. The molecule has 9 heteroatoms. The zero-order valence-electron chi connectivity index (χ0n) is 16.3. The van der Waals surface area contributed by atoms with Crippen LogP contribution in [0.15, 0.2) is 27.8 Å². The topological polar surface area (TPSA) is 99.6 Å². The number of rotatable bonds is 7. The van der Waals surface area contributed by atoms with E-state index in [0.717, 1.165) is 30.5 Å². The van der Waals surface area contributed by atoms with E-state index >= 15 is 0 Å². The second-order valence-electron chi connectivity index (χ2n) is 7.27. The van der Waals surface area contributed by atoms with Gasteiger partial charge in [0.15, 0.2) is 0 Å². The fourth-order valence-corrected chi connectivity index (χ4v) is 3.84. The number of hydrogen-bond donors (Lipinski definition) is 0. The van der Waals surface area contributed by atoms with Gasteiger partial charge in [0.05, 0.1) is 28.5 Å². The third kappa shape index (κ3) is 4.00. The predicted molar refractivity (Wildman–Crippen MR) is 106 cm³/mol. The van der Waals surface area contributed by atoms with Crippen LogP contribution in [0.25, 0.3) is 10.9 Å². The van der Waals surface area contributed by atoms with Crippen LogP contribution < -0.4 is 11.2 Å². The molecule has 0 amide bonds. The summed E-state index contributed by atoms with van der Waals surface area (Å²) in [6.45, 7) is 5.04. The molecule has 1 fully saturated rings. The average Bonchev–Trinajstić information content (AvgIpc) is 2.68. The van der Waals surface area contributed by atoms with Crippen molar-refractivity contribution in [2.75, 3.05) is 33.4 Å². The lowest BCUT2D eigenvalue weighted by molar-refractivity contribution is -0.384. The fourth-order valence-electron chi connectivity index (χ4n) is 3.84. The lowest BCUT2D eigenvalue weighted by Crippen LogP contribution is -2.44. The van der Waals surface area contributed by atoms with E-state index in [2.05, 4.69) is 4.90 Å². The summed E-state index contributed by atoms with van der Waals surface area (Å²) in [6.07, 6.45) is 3.51. The molecule has 1 aliphatic heterocycles. The molecule has 0 radical (unpaired) electrons. The molecular weight excluding hydrogens is 364 g/mol. The van der Waals surface area contributed by atoms with E-state index < -0.39 is 22.2 Å². The van der Waals surface area contributed by atoms with Crippen LogP contribution in [-0.4, -0.2) is 52.3 Å². The number of methoxy groups -OCH3 is 1. The van der Waals surface area contributed by atoms with Crippen molar-refractivity contribution in [3.63, 3.8) is 0 Å². The van der Waals surface area contributed by atoms with Crippen molar-refractivity contribution in [3.05, 3.63) is 49.2 Å². The van der Waals surface area contributed by atoms with Crippen LogP contribution in [0.3, 0.4) is 0 Å². The van der Waals surface area contributed by atoms with Crippen LogP contribution in [0.4, 0.5) is 5.69 Å². The van der Waals surface area contributed by atoms with Gasteiger partial charge >= 0.3 is 5.69 Å². The number of aromatic nitrogens is 2. The molecule has 2 heterocycles. The molecular formula is C19H26N4O5. The van der Waals surface area contributed by atoms with Gasteiger partial charge in [0.1, 0.15) is 0 Å². The SMILES string of the molecule is COCC(C)n1c(=O)c2cc([N+](=O)[O-])ccc2n(CCN2CCCCC2)c1=O. The van der Waals surface area contributed by atoms with Gasteiger partial charge in [-0.1, -0.05) is 6.42 Å². The second-order valence-corrected chi connectivity index (χ2v) is 7.27. The lowest BCUT2D eigenvalue weighted by atomic mass is 10.1. The summed E-state index contributed by atoms with van der Waals surface area (Å²) >= 11 is 0. The molecule has 152 valence electrons.